The molecule has 0 bridgehead atoms. The summed E-state index contributed by atoms with van der Waals surface area (Å²) in [5.74, 6) is -0.954. The topological polar surface area (TPSA) is 87.3 Å². The average Bonchev–Trinajstić information content (AvgIpc) is 2.95. The van der Waals surface area contributed by atoms with Gasteiger partial charge in [0.2, 0.25) is 5.91 Å². The third-order valence-electron chi connectivity index (χ3n) is 6.09. The molecular weight excluding hydrogens is 518 g/mol. The van der Waals surface area contributed by atoms with Crippen molar-refractivity contribution in [2.75, 3.05) is 10.6 Å². The number of nitrogens with one attached hydrogen (secondary N) is 3. The molecule has 0 aromatic heterocycles. The van der Waals surface area contributed by atoms with Crippen LogP contribution >= 0.6 is 11.8 Å². The van der Waals surface area contributed by atoms with Crippen LogP contribution < -0.4 is 16.0 Å². The number of carbonyl (C=O) groups is 3. The van der Waals surface area contributed by atoms with Crippen molar-refractivity contribution in [3.63, 3.8) is 0 Å². The maximum absolute atomic E-state index is 13.4. The maximum Gasteiger partial charge on any atom is 0.272 e. The fourth-order valence-electron chi connectivity index (χ4n) is 3.82. The van der Waals surface area contributed by atoms with Gasteiger partial charge >= 0.3 is 0 Å². The van der Waals surface area contributed by atoms with Gasteiger partial charge in [0.05, 0.1) is 5.25 Å². The number of thioether (sulfide) groups is 1. The van der Waals surface area contributed by atoms with Gasteiger partial charge in [-0.25, -0.2) is 0 Å². The van der Waals surface area contributed by atoms with Crippen LogP contribution in [0.5, 0.6) is 0 Å². The van der Waals surface area contributed by atoms with Crippen LogP contribution in [0.1, 0.15) is 34.0 Å². The molecule has 202 valence electrons. The lowest BCUT2D eigenvalue weighted by atomic mass is 10.1. The van der Waals surface area contributed by atoms with Gasteiger partial charge in [-0.05, 0) is 74.4 Å². The zero-order valence-electron chi connectivity index (χ0n) is 22.6. The van der Waals surface area contributed by atoms with E-state index >= 15 is 0 Å². The average molecular weight is 550 g/mol. The van der Waals surface area contributed by atoms with E-state index in [1.54, 1.807) is 36.4 Å². The summed E-state index contributed by atoms with van der Waals surface area (Å²) in [6.45, 7) is 5.77. The Hall–Kier alpha value is -4.62. The standard InChI is InChI=1S/C33H31N3O3S/c1-22-16-18-25(19-17-22)20-30(36-32(38)26-11-5-4-6-12-26)33(39)34-27-13-9-14-28(21-27)40-24(3)31(37)35-29-15-8-7-10-23(29)2/h4-21,24H,1-3H3,(H,34,39)(H,35,37)(H,36,38)/b30-20-. The Bertz CT molecular complexity index is 1530. The van der Waals surface area contributed by atoms with Crippen LogP contribution in [0.15, 0.2) is 114 Å². The van der Waals surface area contributed by atoms with E-state index in [4.69, 9.17) is 0 Å². The number of rotatable bonds is 9. The molecule has 0 heterocycles. The predicted octanol–water partition coefficient (Wildman–Crippen LogP) is 6.83. The molecule has 0 saturated carbocycles. The maximum atomic E-state index is 13.4. The Morgan fingerprint density at radius 2 is 1.48 bits per heavy atom. The number of aryl methyl sites for hydroxylation is 2. The lowest BCUT2D eigenvalue weighted by molar-refractivity contribution is -0.115. The summed E-state index contributed by atoms with van der Waals surface area (Å²) in [4.78, 5) is 39.8. The van der Waals surface area contributed by atoms with Gasteiger partial charge in [-0.2, -0.15) is 0 Å². The van der Waals surface area contributed by atoms with E-state index < -0.39 is 5.91 Å². The molecule has 0 aliphatic heterocycles. The molecule has 4 aromatic carbocycles. The Labute approximate surface area is 238 Å². The first-order chi connectivity index (χ1) is 19.3. The summed E-state index contributed by atoms with van der Waals surface area (Å²) in [5.41, 5.74) is 4.75. The Balaban J connectivity index is 1.48. The lowest BCUT2D eigenvalue weighted by Crippen LogP contribution is -2.30. The number of para-hydroxylation sites is 1. The number of hydrogen-bond donors (Lipinski definition) is 3. The summed E-state index contributed by atoms with van der Waals surface area (Å²) < 4.78 is 0. The molecule has 0 aliphatic carbocycles. The molecule has 0 spiro atoms. The third kappa shape index (κ3) is 7.94. The van der Waals surface area contributed by atoms with Crippen molar-refractivity contribution < 1.29 is 14.4 Å². The van der Waals surface area contributed by atoms with Crippen molar-refractivity contribution in [2.24, 2.45) is 0 Å². The summed E-state index contributed by atoms with van der Waals surface area (Å²) >= 11 is 1.39. The molecule has 4 rings (SSSR count). The fourth-order valence-corrected chi connectivity index (χ4v) is 4.75. The smallest absolute Gasteiger partial charge is 0.272 e. The summed E-state index contributed by atoms with van der Waals surface area (Å²) in [7, 11) is 0. The minimum atomic E-state index is -0.461. The van der Waals surface area contributed by atoms with E-state index in [0.29, 0.717) is 11.3 Å². The minimum Gasteiger partial charge on any atom is -0.325 e. The van der Waals surface area contributed by atoms with E-state index in [9.17, 15) is 14.4 Å². The molecule has 4 aromatic rings. The number of amides is 3. The highest BCUT2D eigenvalue weighted by molar-refractivity contribution is 8.00. The van der Waals surface area contributed by atoms with Crippen molar-refractivity contribution in [3.05, 3.63) is 131 Å². The molecule has 7 heteroatoms. The quantitative estimate of drug-likeness (QED) is 0.158. The molecule has 3 amide bonds. The fraction of sp³-hybridized carbons (Fsp3) is 0.121. The van der Waals surface area contributed by atoms with Crippen LogP contribution in [0.4, 0.5) is 11.4 Å². The molecule has 1 unspecified atom stereocenters. The molecule has 3 N–H and O–H groups in total. The van der Waals surface area contributed by atoms with Gasteiger partial charge < -0.3 is 16.0 Å². The molecule has 1 atom stereocenters. The monoisotopic (exact) mass is 549 g/mol. The van der Waals surface area contributed by atoms with E-state index in [1.165, 1.54) is 11.8 Å². The Kier molecular flexibility index (Phi) is 9.54. The molecule has 6 nitrogen and oxygen atoms in total. The lowest BCUT2D eigenvalue weighted by Gasteiger charge is -2.15. The molecule has 40 heavy (non-hydrogen) atoms. The van der Waals surface area contributed by atoms with Crippen LogP contribution in [0.3, 0.4) is 0 Å². The van der Waals surface area contributed by atoms with Gasteiger partial charge in [0.15, 0.2) is 0 Å². The largest absolute Gasteiger partial charge is 0.325 e. The predicted molar refractivity (Wildman–Crippen MR) is 163 cm³/mol. The van der Waals surface area contributed by atoms with Crippen LogP contribution in [0, 0.1) is 13.8 Å². The van der Waals surface area contributed by atoms with Gasteiger partial charge in [-0.1, -0.05) is 72.3 Å². The number of anilines is 2. The third-order valence-corrected chi connectivity index (χ3v) is 7.19. The van der Waals surface area contributed by atoms with Crippen LogP contribution in [0.2, 0.25) is 0 Å². The Morgan fingerprint density at radius 1 is 0.775 bits per heavy atom. The van der Waals surface area contributed by atoms with Crippen molar-refractivity contribution in [1.29, 1.82) is 0 Å². The van der Waals surface area contributed by atoms with Gasteiger partial charge in [-0.3, -0.25) is 14.4 Å². The minimum absolute atomic E-state index is 0.110. The normalized spacial score (nSPS) is 11.8. The number of hydrogen-bond acceptors (Lipinski definition) is 4. The van der Waals surface area contributed by atoms with E-state index in [2.05, 4.69) is 16.0 Å². The van der Waals surface area contributed by atoms with Gasteiger partial charge in [-0.15, -0.1) is 11.8 Å². The second-order valence-electron chi connectivity index (χ2n) is 9.34. The summed E-state index contributed by atoms with van der Waals surface area (Å²) in [6, 6.07) is 31.3. The first-order valence-corrected chi connectivity index (χ1v) is 13.8. The van der Waals surface area contributed by atoms with Crippen LogP contribution in [-0.2, 0) is 9.59 Å². The van der Waals surface area contributed by atoms with Crippen molar-refractivity contribution in [3.8, 4) is 0 Å². The SMILES string of the molecule is Cc1ccc(/C=C(\NC(=O)c2ccccc2)C(=O)Nc2cccc(SC(C)C(=O)Nc3ccccc3C)c2)cc1. The van der Waals surface area contributed by atoms with Crippen LogP contribution in [0.25, 0.3) is 6.08 Å². The highest BCUT2D eigenvalue weighted by atomic mass is 32.2. The van der Waals surface area contributed by atoms with E-state index in [1.807, 2.05) is 93.6 Å². The molecule has 0 fully saturated rings. The highest BCUT2D eigenvalue weighted by Gasteiger charge is 2.18. The molecule has 0 radical (unpaired) electrons. The van der Waals surface area contributed by atoms with Gasteiger partial charge in [0.25, 0.3) is 11.8 Å². The van der Waals surface area contributed by atoms with Gasteiger partial charge in [0, 0.05) is 21.8 Å². The second kappa shape index (κ2) is 13.4. The van der Waals surface area contributed by atoms with E-state index in [-0.39, 0.29) is 22.8 Å². The summed E-state index contributed by atoms with van der Waals surface area (Å²) in [5, 5.41) is 8.25. The van der Waals surface area contributed by atoms with Crippen molar-refractivity contribution >= 4 is 46.9 Å². The first kappa shape index (κ1) is 28.4. The van der Waals surface area contributed by atoms with E-state index in [0.717, 1.165) is 27.3 Å². The molecule has 0 saturated heterocycles. The highest BCUT2D eigenvalue weighted by Crippen LogP contribution is 2.27. The number of carbonyl (C=O) groups excluding carboxylic acids is 3. The molecule has 0 aliphatic rings. The van der Waals surface area contributed by atoms with Crippen molar-refractivity contribution in [2.45, 2.75) is 30.9 Å². The first-order valence-electron chi connectivity index (χ1n) is 12.9. The van der Waals surface area contributed by atoms with Crippen molar-refractivity contribution in [1.82, 2.24) is 5.32 Å². The van der Waals surface area contributed by atoms with Crippen LogP contribution in [-0.4, -0.2) is 23.0 Å². The van der Waals surface area contributed by atoms with Gasteiger partial charge in [0.1, 0.15) is 5.70 Å². The molecular formula is C33H31N3O3S. The second-order valence-corrected chi connectivity index (χ2v) is 10.7. The Morgan fingerprint density at radius 3 is 2.20 bits per heavy atom. The zero-order valence-corrected chi connectivity index (χ0v) is 23.4. The summed E-state index contributed by atoms with van der Waals surface area (Å²) in [6.07, 6.45) is 1.65. The number of benzene rings is 4. The zero-order chi connectivity index (χ0) is 28.5.